The van der Waals surface area contributed by atoms with Gasteiger partial charge in [-0.15, -0.1) is 0 Å². The second-order valence-electron chi connectivity index (χ2n) is 16.0. The minimum absolute atomic E-state index is 0.00351. The van der Waals surface area contributed by atoms with E-state index >= 15 is 0 Å². The fourth-order valence-corrected chi connectivity index (χ4v) is 9.04. The number of aliphatic hydroxyl groups excluding tert-OH is 1. The summed E-state index contributed by atoms with van der Waals surface area (Å²) >= 11 is 0. The number of hydrogen-bond acceptors (Lipinski definition) is 9. The summed E-state index contributed by atoms with van der Waals surface area (Å²) in [7, 11) is 0. The fourth-order valence-electron chi connectivity index (χ4n) is 9.04. The van der Waals surface area contributed by atoms with Gasteiger partial charge in [-0.2, -0.15) is 0 Å². The van der Waals surface area contributed by atoms with Gasteiger partial charge in [0.05, 0.1) is 23.6 Å². The lowest BCUT2D eigenvalue weighted by molar-refractivity contribution is -0.166. The Balaban J connectivity index is 0.794. The van der Waals surface area contributed by atoms with Gasteiger partial charge in [0, 0.05) is 24.5 Å². The van der Waals surface area contributed by atoms with E-state index in [1.165, 1.54) is 17.7 Å². The number of nitrogens with zero attached hydrogens (tertiary/aromatic N) is 1. The first-order valence-electron chi connectivity index (χ1n) is 20.5. The third kappa shape index (κ3) is 8.88. The average Bonchev–Trinajstić information content (AvgIpc) is 3.62. The van der Waals surface area contributed by atoms with Crippen LogP contribution >= 0.6 is 0 Å². The predicted molar refractivity (Wildman–Crippen MR) is 220 cm³/mol. The number of benzene rings is 4. The number of nitrogens with one attached hydrogen (secondary N) is 2. The van der Waals surface area contributed by atoms with E-state index in [-0.39, 0.29) is 23.4 Å². The lowest BCUT2D eigenvalue weighted by Crippen LogP contribution is -2.53. The van der Waals surface area contributed by atoms with Gasteiger partial charge in [-0.1, -0.05) is 54.6 Å². The van der Waals surface area contributed by atoms with Crippen LogP contribution in [0.2, 0.25) is 0 Å². The molecule has 9 rings (SSSR count). The molecule has 4 heterocycles. The lowest BCUT2D eigenvalue weighted by Gasteiger charge is -2.45. The van der Waals surface area contributed by atoms with Crippen LogP contribution in [-0.2, 0) is 34.4 Å². The van der Waals surface area contributed by atoms with Gasteiger partial charge in [0.1, 0.15) is 30.0 Å². The van der Waals surface area contributed by atoms with Gasteiger partial charge < -0.3 is 34.7 Å². The summed E-state index contributed by atoms with van der Waals surface area (Å²) in [5.74, 6) is 1.99. The molecule has 0 saturated carbocycles. The van der Waals surface area contributed by atoms with Crippen LogP contribution in [0.4, 0.5) is 0 Å². The molecule has 4 aromatic carbocycles. The number of aromatic amines is 1. The Morgan fingerprint density at radius 3 is 2.53 bits per heavy atom. The molecule has 0 amide bonds. The minimum atomic E-state index is -0.792. The number of carbonyl (C=O) groups excluding carboxylic acids is 1. The van der Waals surface area contributed by atoms with Crippen LogP contribution in [0.5, 0.6) is 17.2 Å². The number of aromatic hydroxyl groups is 1. The van der Waals surface area contributed by atoms with Crippen molar-refractivity contribution in [1.82, 2.24) is 15.2 Å². The lowest BCUT2D eigenvalue weighted by atomic mass is 9.76. The molecule has 4 N–H and O–H groups in total. The molecule has 4 aliphatic rings. The molecule has 3 saturated heterocycles. The summed E-state index contributed by atoms with van der Waals surface area (Å²) in [4.78, 5) is 31.0. The quantitative estimate of drug-likeness (QED) is 0.0599. The average molecular weight is 772 g/mol. The zero-order chi connectivity index (χ0) is 39.2. The number of aryl methyl sites for hydroxylation is 2. The first-order valence-corrected chi connectivity index (χ1v) is 20.5. The molecule has 3 fully saturated rings. The van der Waals surface area contributed by atoms with Crippen LogP contribution in [0, 0.1) is 5.92 Å². The van der Waals surface area contributed by atoms with Crippen molar-refractivity contribution in [2.45, 2.75) is 75.6 Å². The number of rotatable bonds is 17. The van der Waals surface area contributed by atoms with Crippen molar-refractivity contribution in [3.63, 3.8) is 0 Å². The second-order valence-corrected chi connectivity index (χ2v) is 16.0. The number of ether oxygens (including phenoxy) is 3. The summed E-state index contributed by atoms with van der Waals surface area (Å²) in [6, 6.07) is 30.8. The number of piperidine rings is 3. The van der Waals surface area contributed by atoms with E-state index in [1.807, 2.05) is 36.4 Å². The van der Waals surface area contributed by atoms with Crippen LogP contribution in [-0.4, -0.2) is 71.5 Å². The van der Waals surface area contributed by atoms with E-state index in [2.05, 4.69) is 51.6 Å². The number of phenols is 1. The van der Waals surface area contributed by atoms with E-state index in [1.54, 1.807) is 12.1 Å². The van der Waals surface area contributed by atoms with E-state index in [0.29, 0.717) is 55.1 Å². The van der Waals surface area contributed by atoms with Gasteiger partial charge in [0.25, 0.3) is 0 Å². The van der Waals surface area contributed by atoms with Crippen molar-refractivity contribution < 1.29 is 29.2 Å². The highest BCUT2D eigenvalue weighted by molar-refractivity contribution is 5.87. The molecule has 0 spiro atoms. The molecule has 10 heteroatoms. The number of phenolic OH excluding ortho intramolecular Hbond substituents is 1. The summed E-state index contributed by atoms with van der Waals surface area (Å²) in [6.07, 6.45) is 6.28. The van der Waals surface area contributed by atoms with Gasteiger partial charge >= 0.3 is 5.97 Å². The third-order valence-corrected chi connectivity index (χ3v) is 12.3. The molecular formula is C47H53N3O7. The Bertz CT molecular complexity index is 2230. The number of aromatic nitrogens is 1. The second kappa shape index (κ2) is 17.5. The van der Waals surface area contributed by atoms with E-state index in [0.717, 1.165) is 92.8 Å². The number of unbranched alkanes of at least 4 members (excludes halogenated alkanes) is 1. The maximum atomic E-state index is 14.2. The van der Waals surface area contributed by atoms with Crippen molar-refractivity contribution >= 4 is 16.9 Å². The zero-order valence-corrected chi connectivity index (χ0v) is 32.5. The maximum Gasteiger partial charge on any atom is 0.316 e. The third-order valence-electron chi connectivity index (χ3n) is 12.3. The van der Waals surface area contributed by atoms with Gasteiger partial charge in [0.2, 0.25) is 5.56 Å². The zero-order valence-electron chi connectivity index (χ0n) is 32.5. The predicted octanol–water partition coefficient (Wildman–Crippen LogP) is 6.75. The highest BCUT2D eigenvalue weighted by atomic mass is 16.5. The molecule has 3 atom stereocenters. The summed E-state index contributed by atoms with van der Waals surface area (Å²) in [5, 5.41) is 24.8. The molecule has 2 bridgehead atoms. The maximum absolute atomic E-state index is 14.2. The fraction of sp³-hybridized carbons (Fsp3) is 0.404. The Kier molecular flexibility index (Phi) is 11.9. The van der Waals surface area contributed by atoms with Crippen molar-refractivity contribution in [3.8, 4) is 17.2 Å². The highest BCUT2D eigenvalue weighted by Gasteiger charge is 2.48. The SMILES string of the molecule is O=C(O[C@H]1CN2CCC1CC2)C1(CCc2cccc(OCc3cccc(OCCCCNC[C@H](O)c4ccc(O)c5[nH]c(=O)ccc45)c3)c2)CCc2ccccc21. The van der Waals surface area contributed by atoms with E-state index in [9.17, 15) is 19.8 Å². The summed E-state index contributed by atoms with van der Waals surface area (Å²) in [6.45, 7) is 5.12. The molecule has 298 valence electrons. The molecule has 3 aliphatic heterocycles. The molecule has 10 nitrogen and oxygen atoms in total. The Labute approximate surface area is 333 Å². The van der Waals surface area contributed by atoms with Crippen LogP contribution in [0.25, 0.3) is 10.9 Å². The highest BCUT2D eigenvalue weighted by Crippen LogP contribution is 2.45. The van der Waals surface area contributed by atoms with Crippen molar-refractivity contribution in [1.29, 1.82) is 0 Å². The molecule has 0 radical (unpaired) electrons. The largest absolute Gasteiger partial charge is 0.506 e. The van der Waals surface area contributed by atoms with Crippen LogP contribution < -0.4 is 20.3 Å². The molecule has 57 heavy (non-hydrogen) atoms. The minimum Gasteiger partial charge on any atom is -0.506 e. The van der Waals surface area contributed by atoms with Crippen molar-refractivity contribution in [2.24, 2.45) is 5.92 Å². The first-order chi connectivity index (χ1) is 27.8. The first kappa shape index (κ1) is 38.7. The van der Waals surface area contributed by atoms with Gasteiger partial charge in [-0.25, -0.2) is 0 Å². The molecule has 1 unspecified atom stereocenters. The Morgan fingerprint density at radius 2 is 1.70 bits per heavy atom. The Hall–Kier alpha value is -5.16. The Morgan fingerprint density at radius 1 is 0.912 bits per heavy atom. The number of H-pyrrole nitrogens is 1. The summed E-state index contributed by atoms with van der Waals surface area (Å²) < 4.78 is 18.7. The molecule has 5 aromatic rings. The van der Waals surface area contributed by atoms with Crippen LogP contribution in [0.15, 0.2) is 102 Å². The van der Waals surface area contributed by atoms with Gasteiger partial charge in [-0.3, -0.25) is 14.5 Å². The van der Waals surface area contributed by atoms with Crippen molar-refractivity contribution in [3.05, 3.63) is 135 Å². The van der Waals surface area contributed by atoms with Crippen LogP contribution in [0.3, 0.4) is 0 Å². The molecule has 1 aliphatic carbocycles. The monoisotopic (exact) mass is 771 g/mol. The standard InChI is InChI=1S/C47H53N3O7/c51-41-15-13-38(39-14-16-44(53)49-45(39)41)42(52)29-48-23-3-4-26-55-36-10-6-8-33(28-36)31-56-37-11-5-7-32(27-37)17-21-47(22-18-34-9-1-2-12-40(34)47)46(54)57-43-30-50-24-19-35(43)20-25-50/h1-2,5-16,27-28,35,42-43,48,51-52H,3-4,17-26,29-31H2,(H,49,53)/t42-,43-,47?/m0/s1. The molecule has 1 aromatic heterocycles. The van der Waals surface area contributed by atoms with E-state index < -0.39 is 11.5 Å². The number of aliphatic hydroxyl groups is 1. The molecular weight excluding hydrogens is 719 g/mol. The number of carbonyl (C=O) groups is 1. The number of hydrogen-bond donors (Lipinski definition) is 4. The number of fused-ring (bicyclic) bond motifs is 5. The topological polar surface area (TPSA) is 133 Å². The van der Waals surface area contributed by atoms with Gasteiger partial charge in [0.15, 0.2) is 0 Å². The van der Waals surface area contributed by atoms with Gasteiger partial charge in [-0.05, 0) is 141 Å². The van der Waals surface area contributed by atoms with E-state index in [4.69, 9.17) is 14.2 Å². The smallest absolute Gasteiger partial charge is 0.316 e. The van der Waals surface area contributed by atoms with Crippen molar-refractivity contribution in [2.75, 3.05) is 39.3 Å². The normalized spacial score (nSPS) is 21.6. The van der Waals surface area contributed by atoms with Crippen LogP contribution in [0.1, 0.15) is 72.4 Å². The summed E-state index contributed by atoms with van der Waals surface area (Å²) in [5.41, 5.74) is 4.58. The number of pyridine rings is 1. The number of esters is 1.